The Bertz CT molecular complexity index is 2170. The monoisotopic (exact) mass is 855 g/mol. The molecule has 19 heteroatoms. The minimum absolute atomic E-state index is 0.0736. The number of thiol groups is 1. The third kappa shape index (κ3) is 9.70. The molecule has 14 nitrogen and oxygen atoms in total. The predicted octanol–water partition coefficient (Wildman–Crippen LogP) is 5.27. The molecule has 3 N–H and O–H groups in total. The number of pyridine rings is 1. The second kappa shape index (κ2) is 17.6. The maximum absolute atomic E-state index is 13.8. The quantitative estimate of drug-likeness (QED) is 0.139. The van der Waals surface area contributed by atoms with Crippen LogP contribution in [0, 0.1) is 11.3 Å². The van der Waals surface area contributed by atoms with Gasteiger partial charge in [0.05, 0.1) is 24.0 Å². The van der Waals surface area contributed by atoms with Gasteiger partial charge in [-0.05, 0) is 81.6 Å². The highest BCUT2D eigenvalue weighted by atomic mass is 35.5. The molecule has 1 unspecified atom stereocenters. The number of hydrogen-bond acceptors (Lipinski definition) is 12. The second-order valence-electron chi connectivity index (χ2n) is 15.2. The number of nitriles is 1. The first-order chi connectivity index (χ1) is 27.9. The summed E-state index contributed by atoms with van der Waals surface area (Å²) in [5.74, 6) is -0.747. The summed E-state index contributed by atoms with van der Waals surface area (Å²) in [5, 5.41) is 17.9. The average molecular weight is 856 g/mol. The molecule has 0 spiro atoms. The lowest BCUT2D eigenvalue weighted by atomic mass is 10.0. The number of imide groups is 1. The Morgan fingerprint density at radius 2 is 1.86 bits per heavy atom. The van der Waals surface area contributed by atoms with Gasteiger partial charge < -0.3 is 20.3 Å². The van der Waals surface area contributed by atoms with Gasteiger partial charge in [0.2, 0.25) is 17.7 Å². The van der Waals surface area contributed by atoms with E-state index in [-0.39, 0.29) is 36.5 Å². The van der Waals surface area contributed by atoms with Crippen LogP contribution in [0.15, 0.2) is 48.7 Å². The number of piperidine rings is 1. The number of halogens is 4. The number of piperazine rings is 1. The van der Waals surface area contributed by atoms with Crippen molar-refractivity contribution < 1.29 is 37.1 Å². The number of nitrogens with one attached hydrogen (secondary N) is 3. The first-order valence-electron chi connectivity index (χ1n) is 19.1. The lowest BCUT2D eigenvalue weighted by molar-refractivity contribution is -0.138. The number of aryl methyl sites for hydroxylation is 1. The zero-order valence-electron chi connectivity index (χ0n) is 32.9. The molecule has 0 radical (unpaired) electrons. The predicted molar refractivity (Wildman–Crippen MR) is 219 cm³/mol. The molecule has 3 fully saturated rings. The van der Waals surface area contributed by atoms with Crippen molar-refractivity contribution in [3.63, 3.8) is 0 Å². The van der Waals surface area contributed by atoms with E-state index < -0.39 is 46.3 Å². The van der Waals surface area contributed by atoms with E-state index in [0.717, 1.165) is 29.3 Å². The molecule has 0 bridgehead atoms. The van der Waals surface area contributed by atoms with Gasteiger partial charge in [-0.2, -0.15) is 18.4 Å². The Morgan fingerprint density at radius 1 is 1.12 bits per heavy atom. The standard InChI is InChI=1S/C40H45ClF3N9O5S/c1-5-24-14-28(53-38(59)52(37(57)39(53,3)4)29-18-30(40(42,43)44)32(19-45)46-20-29)6-8-33(24)58-13-12-50-10-11-51(23(2)21-50)22-35(55)48-27-16-25(41)15-26(17-27)47-31-7-9-34(54)49-36(31)56/h6,8,14-18,20,23,31,38,47,59H,5,7,9-13,21-22H2,1-4H3,(H,48,55)(H,49,54,56)/t23-,31?,38+/m0/s1. The lowest BCUT2D eigenvalue weighted by Gasteiger charge is -2.39. The van der Waals surface area contributed by atoms with Crippen LogP contribution in [-0.4, -0.2) is 101 Å². The van der Waals surface area contributed by atoms with Gasteiger partial charge in [0.25, 0.3) is 5.91 Å². The summed E-state index contributed by atoms with van der Waals surface area (Å²) in [4.78, 5) is 61.4. The van der Waals surface area contributed by atoms with E-state index in [1.807, 2.05) is 19.1 Å². The van der Waals surface area contributed by atoms with Gasteiger partial charge in [-0.25, -0.2) is 4.98 Å². The first kappa shape index (κ1) is 43.5. The molecule has 4 amide bonds. The van der Waals surface area contributed by atoms with Crippen molar-refractivity contribution in [3.8, 4) is 11.8 Å². The highest BCUT2D eigenvalue weighted by Crippen LogP contribution is 2.43. The molecule has 6 rings (SSSR count). The number of carbonyl (C=O) groups excluding carboxylic acids is 4. The van der Waals surface area contributed by atoms with Crippen LogP contribution in [0.3, 0.4) is 0 Å². The molecule has 3 aliphatic heterocycles. The summed E-state index contributed by atoms with van der Waals surface area (Å²) in [6.07, 6.45) is -2.59. The lowest BCUT2D eigenvalue weighted by Crippen LogP contribution is -2.54. The number of ether oxygens (including phenoxy) is 1. The Morgan fingerprint density at radius 3 is 2.54 bits per heavy atom. The van der Waals surface area contributed by atoms with Gasteiger partial charge in [0.1, 0.15) is 30.0 Å². The molecule has 1 aromatic heterocycles. The fourth-order valence-electron chi connectivity index (χ4n) is 7.59. The normalized spacial score (nSPS) is 21.3. The van der Waals surface area contributed by atoms with Crippen molar-refractivity contribution in [2.24, 2.45) is 0 Å². The summed E-state index contributed by atoms with van der Waals surface area (Å²) in [6, 6.07) is 12.2. The van der Waals surface area contributed by atoms with Crippen LogP contribution < -0.4 is 30.5 Å². The minimum Gasteiger partial charge on any atom is -0.492 e. The summed E-state index contributed by atoms with van der Waals surface area (Å²) in [5.41, 5.74) is -1.79. The molecule has 3 atom stereocenters. The van der Waals surface area contributed by atoms with Crippen LogP contribution >= 0.6 is 24.2 Å². The number of hydrogen-bond donors (Lipinski definition) is 4. The highest BCUT2D eigenvalue weighted by Gasteiger charge is 2.52. The van der Waals surface area contributed by atoms with Gasteiger partial charge in [-0.1, -0.05) is 18.5 Å². The maximum Gasteiger partial charge on any atom is 0.419 e. The molecule has 59 heavy (non-hydrogen) atoms. The van der Waals surface area contributed by atoms with E-state index in [0.29, 0.717) is 66.9 Å². The van der Waals surface area contributed by atoms with Crippen LogP contribution in [0.2, 0.25) is 5.02 Å². The SMILES string of the molecule is CCc1cc(N2[C@H](S)N(c3cnc(C#N)c(C(F)(F)F)c3)C(=O)C2(C)C)ccc1OCCN1CCN(CC(=O)Nc2cc(Cl)cc(NC3CCC(=O)NC3=O)c2)[C@@H](C)C1. The Kier molecular flexibility index (Phi) is 13.0. The zero-order valence-corrected chi connectivity index (χ0v) is 34.5. The Labute approximate surface area is 350 Å². The number of aromatic nitrogens is 1. The van der Waals surface area contributed by atoms with Crippen LogP contribution in [-0.2, 0) is 31.8 Å². The third-order valence-corrected chi connectivity index (χ3v) is 11.4. The van der Waals surface area contributed by atoms with E-state index in [4.69, 9.17) is 29.0 Å². The molecule has 3 saturated heterocycles. The van der Waals surface area contributed by atoms with Gasteiger partial charge >= 0.3 is 6.18 Å². The van der Waals surface area contributed by atoms with Crippen molar-refractivity contribution in [1.29, 1.82) is 5.26 Å². The number of anilines is 4. The van der Waals surface area contributed by atoms with Gasteiger partial charge in [0.15, 0.2) is 11.2 Å². The van der Waals surface area contributed by atoms with Crippen molar-refractivity contribution in [2.45, 2.75) is 76.3 Å². The van der Waals surface area contributed by atoms with Gasteiger partial charge in [0, 0.05) is 60.7 Å². The largest absolute Gasteiger partial charge is 0.492 e. The minimum atomic E-state index is -4.84. The second-order valence-corrected chi connectivity index (χ2v) is 16.1. The van der Waals surface area contributed by atoms with E-state index in [1.54, 1.807) is 43.0 Å². The van der Waals surface area contributed by atoms with E-state index >= 15 is 0 Å². The molecule has 314 valence electrons. The molecule has 3 aliphatic rings. The molecule has 3 aromatic rings. The summed E-state index contributed by atoms with van der Waals surface area (Å²) in [7, 11) is 0. The van der Waals surface area contributed by atoms with Crippen LogP contribution in [0.5, 0.6) is 5.75 Å². The molecule has 0 saturated carbocycles. The van der Waals surface area contributed by atoms with Crippen molar-refractivity contribution in [3.05, 3.63) is 70.5 Å². The van der Waals surface area contributed by atoms with Crippen molar-refractivity contribution in [2.75, 3.05) is 59.8 Å². The number of amides is 4. The number of rotatable bonds is 12. The average Bonchev–Trinajstić information content (AvgIpc) is 3.34. The van der Waals surface area contributed by atoms with E-state index in [9.17, 15) is 37.6 Å². The number of carbonyl (C=O) groups is 4. The van der Waals surface area contributed by atoms with Crippen molar-refractivity contribution >= 4 is 70.6 Å². The third-order valence-electron chi connectivity index (χ3n) is 10.7. The molecule has 2 aromatic carbocycles. The molecular weight excluding hydrogens is 811 g/mol. The number of alkyl halides is 3. The maximum atomic E-state index is 13.8. The number of nitrogens with zero attached hydrogens (tertiary/aromatic N) is 6. The van der Waals surface area contributed by atoms with Gasteiger partial charge in [-0.3, -0.25) is 39.2 Å². The van der Waals surface area contributed by atoms with Gasteiger partial charge in [-0.15, -0.1) is 12.6 Å². The summed E-state index contributed by atoms with van der Waals surface area (Å²) < 4.78 is 47.5. The summed E-state index contributed by atoms with van der Waals surface area (Å²) in [6.45, 7) is 10.7. The van der Waals surface area contributed by atoms with E-state index in [2.05, 4.69) is 37.7 Å². The fourth-order valence-corrected chi connectivity index (χ4v) is 8.49. The van der Waals surface area contributed by atoms with E-state index in [1.165, 1.54) is 6.07 Å². The first-order valence-corrected chi connectivity index (χ1v) is 20.0. The van der Waals surface area contributed by atoms with Crippen LogP contribution in [0.25, 0.3) is 0 Å². The molecular formula is C40H45ClF3N9O5S. The molecule has 0 aliphatic carbocycles. The smallest absolute Gasteiger partial charge is 0.419 e. The Hall–Kier alpha value is -5.09. The molecule has 4 heterocycles. The van der Waals surface area contributed by atoms with Crippen LogP contribution in [0.1, 0.15) is 57.4 Å². The summed E-state index contributed by atoms with van der Waals surface area (Å²) >= 11 is 11.0. The zero-order chi connectivity index (χ0) is 42.8. The van der Waals surface area contributed by atoms with Crippen molar-refractivity contribution in [1.82, 2.24) is 20.1 Å². The fraction of sp³-hybridized carbons (Fsp3) is 0.450. The topological polar surface area (TPSA) is 163 Å². The number of benzene rings is 2. The van der Waals surface area contributed by atoms with Crippen LogP contribution in [0.4, 0.5) is 35.9 Å². The highest BCUT2D eigenvalue weighted by molar-refractivity contribution is 7.81. The Balaban J connectivity index is 1.02.